The van der Waals surface area contributed by atoms with E-state index in [-0.39, 0.29) is 5.91 Å². The normalized spacial score (nSPS) is 10.9. The van der Waals surface area contributed by atoms with Crippen LogP contribution in [0.25, 0.3) is 10.9 Å². The van der Waals surface area contributed by atoms with Gasteiger partial charge in [0.25, 0.3) is 0 Å². The summed E-state index contributed by atoms with van der Waals surface area (Å²) in [6, 6.07) is 12.7. The van der Waals surface area contributed by atoms with Crippen molar-refractivity contribution in [3.63, 3.8) is 0 Å². The molecule has 0 aliphatic carbocycles. The van der Waals surface area contributed by atoms with E-state index >= 15 is 0 Å². The number of rotatable bonds is 9. The Kier molecular flexibility index (Phi) is 6.75. The summed E-state index contributed by atoms with van der Waals surface area (Å²) in [6.45, 7) is 4.83. The molecule has 3 rings (SSSR count). The average molecular weight is 408 g/mol. The molecule has 0 saturated heterocycles. The quantitative estimate of drug-likeness (QED) is 0.226. The van der Waals surface area contributed by atoms with E-state index in [1.165, 1.54) is 17.6 Å². The smallest absolute Gasteiger partial charge is 0.243 e. The number of fused-ring (bicyclic) bond motifs is 1. The lowest BCUT2D eigenvalue weighted by molar-refractivity contribution is -0.116. The molecule has 0 radical (unpaired) electrons. The minimum absolute atomic E-state index is 0.158. The fraction of sp³-hybridized carbons (Fsp3) is 0.200. The number of carbonyl (C=O) groups excluding carboxylic acids is 1. The Morgan fingerprint density at radius 3 is 2.69 bits per heavy atom. The molecular weight excluding hydrogens is 388 g/mol. The van der Waals surface area contributed by atoms with Crippen molar-refractivity contribution in [1.82, 2.24) is 9.69 Å². The maximum atomic E-state index is 11.1. The molecule has 1 amide bonds. The van der Waals surface area contributed by atoms with Crippen LogP contribution in [-0.4, -0.2) is 30.4 Å². The summed E-state index contributed by atoms with van der Waals surface area (Å²) in [5.41, 5.74) is 2.86. The molecule has 1 N–H and O–H groups in total. The second-order valence-electron chi connectivity index (χ2n) is 6.27. The minimum atomic E-state index is -0.158. The number of aromatic nitrogens is 1. The molecule has 0 bridgehead atoms. The van der Waals surface area contributed by atoms with Gasteiger partial charge in [0.1, 0.15) is 5.69 Å². The number of nitrogens with one attached hydrogen (secondary N) is 1. The van der Waals surface area contributed by atoms with Gasteiger partial charge in [-0.05, 0) is 71.7 Å². The van der Waals surface area contributed by atoms with Gasteiger partial charge in [0.15, 0.2) is 5.00 Å². The van der Waals surface area contributed by atoms with Crippen molar-refractivity contribution in [3.8, 4) is 0 Å². The summed E-state index contributed by atoms with van der Waals surface area (Å²) in [7, 11) is 1.99. The first-order valence-electron chi connectivity index (χ1n) is 8.96. The minimum Gasteiger partial charge on any atom is -0.375 e. The second-order valence-corrected chi connectivity index (χ2v) is 7.02. The topological polar surface area (TPSA) is 99.4 Å². The number of azo groups is 1. The van der Waals surface area contributed by atoms with Crippen LogP contribution in [0.15, 0.2) is 70.5 Å². The standard InChI is InChI=1S/C20H20N6O2S/c1-3-19(27)21-11-4-12-26(2)16-8-5-14(6-9-16)22-23-20-17-13-15(24-28)7-10-18(17)25-29-20/h3,5-10,13H,1,4,11-12H2,2H3,(H,21,27). The maximum Gasteiger partial charge on any atom is 0.243 e. The third-order valence-electron chi connectivity index (χ3n) is 4.25. The van der Waals surface area contributed by atoms with Gasteiger partial charge in [0.2, 0.25) is 5.91 Å². The Morgan fingerprint density at radius 2 is 1.97 bits per heavy atom. The van der Waals surface area contributed by atoms with Crippen molar-refractivity contribution in [2.24, 2.45) is 15.4 Å². The molecule has 29 heavy (non-hydrogen) atoms. The van der Waals surface area contributed by atoms with Crippen LogP contribution in [0.2, 0.25) is 0 Å². The number of nitrogens with zero attached hydrogens (tertiary/aromatic N) is 5. The highest BCUT2D eigenvalue weighted by molar-refractivity contribution is 7.11. The van der Waals surface area contributed by atoms with E-state index in [1.807, 2.05) is 31.3 Å². The predicted octanol–water partition coefficient (Wildman–Crippen LogP) is 5.24. The van der Waals surface area contributed by atoms with Gasteiger partial charge in [-0.25, -0.2) is 0 Å². The van der Waals surface area contributed by atoms with Gasteiger partial charge < -0.3 is 10.2 Å². The summed E-state index contributed by atoms with van der Waals surface area (Å²) in [4.78, 5) is 24.0. The van der Waals surface area contributed by atoms with Gasteiger partial charge in [-0.2, -0.15) is 4.37 Å². The van der Waals surface area contributed by atoms with Crippen molar-refractivity contribution < 1.29 is 4.79 Å². The average Bonchev–Trinajstić information content (AvgIpc) is 3.17. The Balaban J connectivity index is 1.61. The monoisotopic (exact) mass is 408 g/mol. The third kappa shape index (κ3) is 5.29. The third-order valence-corrected chi connectivity index (χ3v) is 5.01. The molecule has 0 saturated carbocycles. The number of hydrogen-bond acceptors (Lipinski definition) is 8. The van der Waals surface area contributed by atoms with Crippen LogP contribution in [0.4, 0.5) is 22.1 Å². The first kappa shape index (κ1) is 20.3. The largest absolute Gasteiger partial charge is 0.375 e. The summed E-state index contributed by atoms with van der Waals surface area (Å²) >= 11 is 1.23. The fourth-order valence-corrected chi connectivity index (χ4v) is 3.33. The molecule has 148 valence electrons. The Bertz CT molecular complexity index is 1040. The maximum absolute atomic E-state index is 11.1. The summed E-state index contributed by atoms with van der Waals surface area (Å²) in [5.74, 6) is -0.158. The first-order valence-corrected chi connectivity index (χ1v) is 9.74. The molecule has 0 atom stereocenters. The van der Waals surface area contributed by atoms with Crippen LogP contribution in [-0.2, 0) is 4.79 Å². The zero-order valence-electron chi connectivity index (χ0n) is 15.9. The van der Waals surface area contributed by atoms with E-state index in [4.69, 9.17) is 0 Å². The van der Waals surface area contributed by atoms with Gasteiger partial charge in [-0.15, -0.1) is 15.1 Å². The number of hydrogen-bond donors (Lipinski definition) is 1. The fourth-order valence-electron chi connectivity index (χ4n) is 2.65. The summed E-state index contributed by atoms with van der Waals surface area (Å²) < 4.78 is 4.30. The van der Waals surface area contributed by atoms with E-state index in [9.17, 15) is 9.70 Å². The number of nitroso groups, excluding NO2 is 1. The molecule has 2 aromatic carbocycles. The lowest BCUT2D eigenvalue weighted by Gasteiger charge is -2.19. The molecule has 1 aromatic heterocycles. The molecule has 0 unspecified atom stereocenters. The molecule has 0 spiro atoms. The summed E-state index contributed by atoms with van der Waals surface area (Å²) in [6.07, 6.45) is 2.10. The number of amides is 1. The van der Waals surface area contributed by atoms with Crippen molar-refractivity contribution in [1.29, 1.82) is 0 Å². The van der Waals surface area contributed by atoms with E-state index in [0.717, 1.165) is 29.6 Å². The molecule has 0 fully saturated rings. The van der Waals surface area contributed by atoms with E-state index < -0.39 is 0 Å². The van der Waals surface area contributed by atoms with Crippen LogP contribution >= 0.6 is 11.5 Å². The molecule has 0 aliphatic heterocycles. The number of benzene rings is 2. The lowest BCUT2D eigenvalue weighted by Crippen LogP contribution is -2.26. The highest BCUT2D eigenvalue weighted by Crippen LogP contribution is 2.34. The van der Waals surface area contributed by atoms with Gasteiger partial charge in [-0.3, -0.25) is 4.79 Å². The van der Waals surface area contributed by atoms with Crippen LogP contribution in [0.3, 0.4) is 0 Å². The SMILES string of the molecule is C=CC(=O)NCCCN(C)c1ccc(N=Nc2snc3ccc(N=O)cc23)cc1. The second kappa shape index (κ2) is 9.65. The van der Waals surface area contributed by atoms with E-state index in [1.54, 1.807) is 18.2 Å². The lowest BCUT2D eigenvalue weighted by atomic mass is 10.2. The van der Waals surface area contributed by atoms with Gasteiger partial charge >= 0.3 is 0 Å². The van der Waals surface area contributed by atoms with Crippen LogP contribution in [0, 0.1) is 4.91 Å². The molecule has 8 nitrogen and oxygen atoms in total. The molecule has 0 aliphatic rings. The van der Waals surface area contributed by atoms with Crippen molar-refractivity contribution in [3.05, 3.63) is 60.0 Å². The molecule has 3 aromatic rings. The highest BCUT2D eigenvalue weighted by atomic mass is 32.1. The Morgan fingerprint density at radius 1 is 1.21 bits per heavy atom. The van der Waals surface area contributed by atoms with Gasteiger partial charge in [0, 0.05) is 31.2 Å². The molecular formula is C20H20N6O2S. The van der Waals surface area contributed by atoms with E-state index in [2.05, 4.69) is 36.6 Å². The van der Waals surface area contributed by atoms with Crippen LogP contribution in [0.1, 0.15) is 6.42 Å². The van der Waals surface area contributed by atoms with Crippen LogP contribution < -0.4 is 10.2 Å². The first-order chi connectivity index (χ1) is 14.1. The number of anilines is 1. The molecule has 9 heteroatoms. The van der Waals surface area contributed by atoms with Gasteiger partial charge in [-0.1, -0.05) is 6.58 Å². The highest BCUT2D eigenvalue weighted by Gasteiger charge is 2.07. The van der Waals surface area contributed by atoms with Crippen LogP contribution in [0.5, 0.6) is 0 Å². The Hall–Kier alpha value is -3.46. The van der Waals surface area contributed by atoms with E-state index in [0.29, 0.717) is 22.9 Å². The zero-order chi connectivity index (χ0) is 20.6. The molecule has 1 heterocycles. The predicted molar refractivity (Wildman–Crippen MR) is 117 cm³/mol. The number of carbonyl (C=O) groups is 1. The van der Waals surface area contributed by atoms with Crippen molar-refractivity contribution in [2.75, 3.05) is 25.0 Å². The summed E-state index contributed by atoms with van der Waals surface area (Å²) in [5, 5.41) is 15.6. The zero-order valence-corrected chi connectivity index (χ0v) is 16.7. The van der Waals surface area contributed by atoms with Crippen molar-refractivity contribution in [2.45, 2.75) is 6.42 Å². The Labute approximate surface area is 172 Å². The van der Waals surface area contributed by atoms with Gasteiger partial charge in [0.05, 0.1) is 11.2 Å². The van der Waals surface area contributed by atoms with Crippen molar-refractivity contribution >= 4 is 50.4 Å².